The maximum atomic E-state index is 11.9. The quantitative estimate of drug-likeness (QED) is 0.899. The Kier molecular flexibility index (Phi) is 3.84. The van der Waals surface area contributed by atoms with E-state index in [1.807, 2.05) is 18.2 Å². The molecule has 1 aromatic rings. The molecule has 0 radical (unpaired) electrons. The van der Waals surface area contributed by atoms with Gasteiger partial charge in [-0.1, -0.05) is 12.6 Å². The van der Waals surface area contributed by atoms with Gasteiger partial charge in [-0.2, -0.15) is 0 Å². The number of fused-ring (bicyclic) bond motifs is 1. The van der Waals surface area contributed by atoms with Crippen molar-refractivity contribution in [3.05, 3.63) is 36.0 Å². The average Bonchev–Trinajstić information content (AvgIpc) is 2.62. The number of nitrogens with one attached hydrogen (secondary N) is 1. The van der Waals surface area contributed by atoms with Crippen LogP contribution in [-0.2, 0) is 11.3 Å². The lowest BCUT2D eigenvalue weighted by molar-refractivity contribution is -0.128. The topological polar surface area (TPSA) is 50.8 Å². The van der Waals surface area contributed by atoms with E-state index in [-0.39, 0.29) is 5.91 Å². The van der Waals surface area contributed by atoms with Gasteiger partial charge in [0.25, 0.3) is 5.91 Å². The van der Waals surface area contributed by atoms with Crippen LogP contribution >= 0.6 is 0 Å². The Morgan fingerprint density at radius 3 is 3.14 bits per heavy atom. The van der Waals surface area contributed by atoms with E-state index in [4.69, 9.17) is 9.47 Å². The summed E-state index contributed by atoms with van der Waals surface area (Å²) in [5, 5.41) is 2.73. The van der Waals surface area contributed by atoms with Crippen LogP contribution in [0.15, 0.2) is 30.5 Å². The fourth-order valence-corrected chi connectivity index (χ4v) is 2.58. The van der Waals surface area contributed by atoms with Crippen LogP contribution in [0, 0.1) is 0 Å². The van der Waals surface area contributed by atoms with Crippen LogP contribution < -0.4 is 14.8 Å². The van der Waals surface area contributed by atoms with Crippen molar-refractivity contribution in [2.75, 3.05) is 20.2 Å². The molecule has 2 heterocycles. The summed E-state index contributed by atoms with van der Waals surface area (Å²) in [6.07, 6.45) is 0.954. The van der Waals surface area contributed by atoms with Crippen LogP contribution in [0.2, 0.25) is 0 Å². The van der Waals surface area contributed by atoms with Gasteiger partial charge in [0.2, 0.25) is 0 Å². The van der Waals surface area contributed by atoms with E-state index >= 15 is 0 Å². The monoisotopic (exact) mass is 288 g/mol. The first-order chi connectivity index (χ1) is 10.1. The maximum Gasteiger partial charge on any atom is 0.265 e. The van der Waals surface area contributed by atoms with Gasteiger partial charge >= 0.3 is 0 Å². The predicted molar refractivity (Wildman–Crippen MR) is 79.2 cm³/mol. The minimum atomic E-state index is -0.456. The first kappa shape index (κ1) is 13.9. The number of hydrogen-bond donors (Lipinski definition) is 1. The Bertz CT molecular complexity index is 571. The Hall–Kier alpha value is -2.01. The van der Waals surface area contributed by atoms with Crippen LogP contribution in [0.1, 0.15) is 18.4 Å². The van der Waals surface area contributed by atoms with Gasteiger partial charge in [0.05, 0.1) is 0 Å². The molecule has 1 amide bonds. The molecule has 1 fully saturated rings. The molecule has 0 aliphatic carbocycles. The zero-order valence-electron chi connectivity index (χ0n) is 12.2. The van der Waals surface area contributed by atoms with E-state index in [2.05, 4.69) is 23.8 Å². The number of carbonyl (C=O) groups is 1. The van der Waals surface area contributed by atoms with Crippen molar-refractivity contribution in [1.82, 2.24) is 10.2 Å². The minimum Gasteiger partial charge on any atom is -0.492 e. The van der Waals surface area contributed by atoms with E-state index in [1.54, 1.807) is 0 Å². The van der Waals surface area contributed by atoms with Crippen molar-refractivity contribution in [3.8, 4) is 11.5 Å². The standard InChI is InChI=1S/C16H20N2O3/c1-11-3-6-14(16(19)17-11)21-13-5-4-12-10-18(2)7-8-20-15(12)9-13/h4-5,9,14H,1,3,6-8,10H2,2H3,(H,17,19). The van der Waals surface area contributed by atoms with Crippen LogP contribution in [0.3, 0.4) is 0 Å². The molecular formula is C16H20N2O3. The first-order valence-corrected chi connectivity index (χ1v) is 7.21. The van der Waals surface area contributed by atoms with E-state index < -0.39 is 6.10 Å². The van der Waals surface area contributed by atoms with Gasteiger partial charge in [-0.05, 0) is 26.0 Å². The number of likely N-dealkylation sites (N-methyl/N-ethyl adjacent to an activating group) is 1. The summed E-state index contributed by atoms with van der Waals surface area (Å²) in [5.41, 5.74) is 1.90. The fourth-order valence-electron chi connectivity index (χ4n) is 2.58. The number of nitrogens with zero attached hydrogens (tertiary/aromatic N) is 1. The third-order valence-corrected chi connectivity index (χ3v) is 3.79. The van der Waals surface area contributed by atoms with Crippen molar-refractivity contribution < 1.29 is 14.3 Å². The smallest absolute Gasteiger partial charge is 0.265 e. The molecule has 3 rings (SSSR count). The van der Waals surface area contributed by atoms with Crippen molar-refractivity contribution in [1.29, 1.82) is 0 Å². The van der Waals surface area contributed by atoms with E-state index in [0.717, 1.165) is 36.5 Å². The third kappa shape index (κ3) is 3.19. The Morgan fingerprint density at radius 2 is 2.33 bits per heavy atom. The predicted octanol–water partition coefficient (Wildman–Crippen LogP) is 1.68. The summed E-state index contributed by atoms with van der Waals surface area (Å²) in [6, 6.07) is 5.79. The van der Waals surface area contributed by atoms with Gasteiger partial charge in [-0.25, -0.2) is 0 Å². The molecule has 2 aliphatic rings. The lowest BCUT2D eigenvalue weighted by Crippen LogP contribution is -2.41. The largest absolute Gasteiger partial charge is 0.492 e. The van der Waals surface area contributed by atoms with Gasteiger partial charge in [0.15, 0.2) is 6.10 Å². The van der Waals surface area contributed by atoms with Crippen molar-refractivity contribution in [3.63, 3.8) is 0 Å². The van der Waals surface area contributed by atoms with Gasteiger partial charge in [-0.15, -0.1) is 0 Å². The third-order valence-electron chi connectivity index (χ3n) is 3.79. The molecular weight excluding hydrogens is 268 g/mol. The molecule has 5 nitrogen and oxygen atoms in total. The highest BCUT2D eigenvalue weighted by Gasteiger charge is 2.26. The number of allylic oxidation sites excluding steroid dienone is 1. The Morgan fingerprint density at radius 1 is 1.48 bits per heavy atom. The first-order valence-electron chi connectivity index (χ1n) is 7.21. The molecule has 0 saturated carbocycles. The number of ether oxygens (including phenoxy) is 2. The van der Waals surface area contributed by atoms with Gasteiger partial charge in [0.1, 0.15) is 18.1 Å². The van der Waals surface area contributed by atoms with Gasteiger partial charge < -0.3 is 14.8 Å². The molecule has 0 bridgehead atoms. The molecule has 21 heavy (non-hydrogen) atoms. The second-order valence-corrected chi connectivity index (χ2v) is 5.59. The molecule has 1 aromatic carbocycles. The van der Waals surface area contributed by atoms with Gasteiger partial charge in [0, 0.05) is 30.4 Å². The molecule has 0 spiro atoms. The highest BCUT2D eigenvalue weighted by molar-refractivity contribution is 5.83. The Balaban J connectivity index is 1.73. The van der Waals surface area contributed by atoms with Crippen LogP contribution in [0.4, 0.5) is 0 Å². The molecule has 0 aromatic heterocycles. The van der Waals surface area contributed by atoms with Crippen molar-refractivity contribution >= 4 is 5.91 Å². The molecule has 5 heteroatoms. The summed E-state index contributed by atoms with van der Waals surface area (Å²) in [4.78, 5) is 14.1. The van der Waals surface area contributed by atoms with Gasteiger partial charge in [-0.3, -0.25) is 9.69 Å². The summed E-state index contributed by atoms with van der Waals surface area (Å²) in [5.74, 6) is 1.39. The van der Waals surface area contributed by atoms with E-state index in [9.17, 15) is 4.79 Å². The molecule has 1 atom stereocenters. The zero-order valence-corrected chi connectivity index (χ0v) is 12.2. The molecule has 1 saturated heterocycles. The van der Waals surface area contributed by atoms with Crippen molar-refractivity contribution in [2.45, 2.75) is 25.5 Å². The van der Waals surface area contributed by atoms with Crippen LogP contribution in [0.25, 0.3) is 0 Å². The highest BCUT2D eigenvalue weighted by Crippen LogP contribution is 2.29. The number of carbonyl (C=O) groups excluding carboxylic acids is 1. The van der Waals surface area contributed by atoms with E-state index in [1.165, 1.54) is 0 Å². The normalized spacial score (nSPS) is 22.8. The second-order valence-electron chi connectivity index (χ2n) is 5.59. The lowest BCUT2D eigenvalue weighted by Gasteiger charge is -2.24. The number of hydrogen-bond acceptors (Lipinski definition) is 4. The molecule has 1 unspecified atom stereocenters. The number of amides is 1. The number of rotatable bonds is 2. The Labute approximate surface area is 124 Å². The minimum absolute atomic E-state index is 0.123. The molecule has 1 N–H and O–H groups in total. The summed E-state index contributed by atoms with van der Waals surface area (Å²) in [7, 11) is 2.07. The SMILES string of the molecule is C=C1CCC(Oc2ccc3c(c2)OCCN(C)C3)C(=O)N1. The van der Waals surface area contributed by atoms with Crippen LogP contribution in [-0.4, -0.2) is 37.1 Å². The summed E-state index contributed by atoms with van der Waals surface area (Å²) >= 11 is 0. The summed E-state index contributed by atoms with van der Waals surface area (Å²) in [6.45, 7) is 6.19. The van der Waals surface area contributed by atoms with E-state index in [0.29, 0.717) is 18.8 Å². The molecule has 2 aliphatic heterocycles. The average molecular weight is 288 g/mol. The number of piperidine rings is 1. The number of benzene rings is 1. The van der Waals surface area contributed by atoms with Crippen molar-refractivity contribution in [2.24, 2.45) is 0 Å². The van der Waals surface area contributed by atoms with Crippen LogP contribution in [0.5, 0.6) is 11.5 Å². The molecule has 112 valence electrons. The second kappa shape index (κ2) is 5.77. The lowest BCUT2D eigenvalue weighted by atomic mass is 10.1. The zero-order chi connectivity index (χ0) is 14.8. The maximum absolute atomic E-state index is 11.9. The highest BCUT2D eigenvalue weighted by atomic mass is 16.5. The summed E-state index contributed by atoms with van der Waals surface area (Å²) < 4.78 is 11.6. The fraction of sp³-hybridized carbons (Fsp3) is 0.438.